The zero-order valence-electron chi connectivity index (χ0n) is 11.1. The van der Waals surface area contributed by atoms with Crippen LogP contribution < -0.4 is 9.47 Å². The van der Waals surface area contributed by atoms with Crippen LogP contribution in [0.4, 0.5) is 9.59 Å². The summed E-state index contributed by atoms with van der Waals surface area (Å²) in [7, 11) is 0. The van der Waals surface area contributed by atoms with E-state index in [4.69, 9.17) is 14.9 Å². The van der Waals surface area contributed by atoms with Crippen LogP contribution in [0.25, 0.3) is 21.5 Å². The second-order valence-electron chi connectivity index (χ2n) is 4.55. The first-order chi connectivity index (χ1) is 10.5. The zero-order valence-corrected chi connectivity index (χ0v) is 11.1. The SMILES string of the molecule is O=C(O)Oc1ccc2cc3ccccc3cc2c1OC(=O)O. The van der Waals surface area contributed by atoms with E-state index in [1.807, 2.05) is 30.3 Å². The van der Waals surface area contributed by atoms with Crippen molar-refractivity contribution in [1.29, 1.82) is 0 Å². The lowest BCUT2D eigenvalue weighted by atomic mass is 10.0. The lowest BCUT2D eigenvalue weighted by Gasteiger charge is -2.11. The third-order valence-corrected chi connectivity index (χ3v) is 3.19. The van der Waals surface area contributed by atoms with Crippen molar-refractivity contribution < 1.29 is 29.3 Å². The molecule has 0 aliphatic heterocycles. The fourth-order valence-corrected chi connectivity index (χ4v) is 2.33. The molecule has 3 aromatic carbocycles. The van der Waals surface area contributed by atoms with Crippen molar-refractivity contribution in [3.05, 3.63) is 48.5 Å². The van der Waals surface area contributed by atoms with Gasteiger partial charge >= 0.3 is 12.3 Å². The number of rotatable bonds is 2. The average Bonchev–Trinajstić information content (AvgIpc) is 2.47. The normalized spacial score (nSPS) is 10.5. The number of benzene rings is 3. The molecule has 22 heavy (non-hydrogen) atoms. The van der Waals surface area contributed by atoms with Crippen molar-refractivity contribution in [2.45, 2.75) is 0 Å². The first kappa shape index (κ1) is 13.7. The van der Waals surface area contributed by atoms with Crippen LogP contribution in [0.2, 0.25) is 0 Å². The van der Waals surface area contributed by atoms with Crippen molar-refractivity contribution >= 4 is 33.9 Å². The van der Waals surface area contributed by atoms with Gasteiger partial charge in [0.05, 0.1) is 0 Å². The molecule has 0 radical (unpaired) electrons. The van der Waals surface area contributed by atoms with Crippen molar-refractivity contribution in [3.8, 4) is 11.5 Å². The topological polar surface area (TPSA) is 93.1 Å². The summed E-state index contributed by atoms with van der Waals surface area (Å²) < 4.78 is 9.33. The predicted molar refractivity (Wildman–Crippen MR) is 78.8 cm³/mol. The van der Waals surface area contributed by atoms with Crippen molar-refractivity contribution in [3.63, 3.8) is 0 Å². The fourth-order valence-electron chi connectivity index (χ4n) is 2.33. The molecule has 0 bridgehead atoms. The molecule has 0 amide bonds. The Balaban J connectivity index is 2.31. The first-order valence-electron chi connectivity index (χ1n) is 6.31. The molecule has 110 valence electrons. The van der Waals surface area contributed by atoms with Gasteiger partial charge in [0.2, 0.25) is 0 Å². The Labute approximate surface area is 124 Å². The van der Waals surface area contributed by atoms with Gasteiger partial charge in [-0.1, -0.05) is 30.3 Å². The number of fused-ring (bicyclic) bond motifs is 2. The third kappa shape index (κ3) is 2.49. The molecular formula is C16H10O6. The van der Waals surface area contributed by atoms with Gasteiger partial charge in [0.15, 0.2) is 11.5 Å². The molecule has 3 aromatic rings. The van der Waals surface area contributed by atoms with Crippen LogP contribution in [0.15, 0.2) is 48.5 Å². The molecule has 0 saturated heterocycles. The summed E-state index contributed by atoms with van der Waals surface area (Å²) in [6.07, 6.45) is -3.09. The Morgan fingerprint density at radius 2 is 1.41 bits per heavy atom. The van der Waals surface area contributed by atoms with E-state index in [-0.39, 0.29) is 11.5 Å². The van der Waals surface area contributed by atoms with Gasteiger partial charge in [-0.15, -0.1) is 0 Å². The zero-order chi connectivity index (χ0) is 15.7. The number of carboxylic acid groups (broad SMARTS) is 2. The average molecular weight is 298 g/mol. The molecular weight excluding hydrogens is 288 g/mol. The Bertz CT molecular complexity index is 900. The molecule has 3 rings (SSSR count). The van der Waals surface area contributed by atoms with Crippen LogP contribution in [0.5, 0.6) is 11.5 Å². The van der Waals surface area contributed by atoms with Gasteiger partial charge in [0.25, 0.3) is 0 Å². The Kier molecular flexibility index (Phi) is 3.27. The van der Waals surface area contributed by atoms with Crippen molar-refractivity contribution in [2.24, 2.45) is 0 Å². The smallest absolute Gasteiger partial charge is 0.449 e. The summed E-state index contributed by atoms with van der Waals surface area (Å²) in [5.74, 6) is -0.309. The third-order valence-electron chi connectivity index (χ3n) is 3.19. The molecule has 0 aromatic heterocycles. The predicted octanol–water partition coefficient (Wildman–Crippen LogP) is 4.11. The summed E-state index contributed by atoms with van der Waals surface area (Å²) in [6, 6.07) is 14.1. The van der Waals surface area contributed by atoms with E-state index in [2.05, 4.69) is 4.74 Å². The van der Waals surface area contributed by atoms with E-state index in [1.165, 1.54) is 6.07 Å². The van der Waals surface area contributed by atoms with Crippen LogP contribution in [-0.2, 0) is 0 Å². The molecule has 6 nitrogen and oxygen atoms in total. The van der Waals surface area contributed by atoms with Crippen LogP contribution in [0.1, 0.15) is 0 Å². The first-order valence-corrected chi connectivity index (χ1v) is 6.31. The Morgan fingerprint density at radius 3 is 2.05 bits per heavy atom. The minimum atomic E-state index is -1.55. The Morgan fingerprint density at radius 1 is 0.773 bits per heavy atom. The van der Waals surface area contributed by atoms with Crippen LogP contribution in [0, 0.1) is 0 Å². The highest BCUT2D eigenvalue weighted by Gasteiger charge is 2.16. The quantitative estimate of drug-likeness (QED) is 0.420. The summed E-state index contributed by atoms with van der Waals surface area (Å²) in [4.78, 5) is 21.6. The lowest BCUT2D eigenvalue weighted by molar-refractivity contribution is 0.133. The van der Waals surface area contributed by atoms with E-state index in [0.29, 0.717) is 10.8 Å². The second-order valence-corrected chi connectivity index (χ2v) is 4.55. The van der Waals surface area contributed by atoms with Gasteiger partial charge in [-0.05, 0) is 34.4 Å². The van der Waals surface area contributed by atoms with E-state index >= 15 is 0 Å². The van der Waals surface area contributed by atoms with Crippen molar-refractivity contribution in [2.75, 3.05) is 0 Å². The maximum absolute atomic E-state index is 10.9. The van der Waals surface area contributed by atoms with Gasteiger partial charge in [-0.2, -0.15) is 0 Å². The molecule has 0 spiro atoms. The van der Waals surface area contributed by atoms with E-state index in [1.54, 1.807) is 12.1 Å². The molecule has 0 aliphatic carbocycles. The molecule has 0 heterocycles. The van der Waals surface area contributed by atoms with Gasteiger partial charge in [-0.3, -0.25) is 0 Å². The molecule has 6 heteroatoms. The van der Waals surface area contributed by atoms with Gasteiger partial charge < -0.3 is 19.7 Å². The minimum absolute atomic E-state index is 0.141. The maximum atomic E-state index is 10.9. The number of carbonyl (C=O) groups is 2. The molecule has 0 aliphatic rings. The molecule has 0 unspecified atom stereocenters. The highest BCUT2D eigenvalue weighted by Crippen LogP contribution is 2.38. The molecule has 0 saturated carbocycles. The minimum Gasteiger partial charge on any atom is -0.449 e. The number of hydrogen-bond acceptors (Lipinski definition) is 4. The fraction of sp³-hybridized carbons (Fsp3) is 0. The van der Waals surface area contributed by atoms with E-state index < -0.39 is 12.3 Å². The van der Waals surface area contributed by atoms with Gasteiger partial charge in [-0.25, -0.2) is 9.59 Å². The molecule has 0 atom stereocenters. The largest absolute Gasteiger partial charge is 0.511 e. The van der Waals surface area contributed by atoms with E-state index in [9.17, 15) is 9.59 Å². The highest BCUT2D eigenvalue weighted by molar-refractivity contribution is 6.02. The van der Waals surface area contributed by atoms with Crippen LogP contribution >= 0.6 is 0 Å². The number of ether oxygens (including phenoxy) is 2. The highest BCUT2D eigenvalue weighted by atomic mass is 16.7. The van der Waals surface area contributed by atoms with Crippen molar-refractivity contribution in [1.82, 2.24) is 0 Å². The maximum Gasteiger partial charge on any atom is 0.511 e. The van der Waals surface area contributed by atoms with Crippen LogP contribution in [-0.4, -0.2) is 22.5 Å². The van der Waals surface area contributed by atoms with Crippen LogP contribution in [0.3, 0.4) is 0 Å². The summed E-state index contributed by atoms with van der Waals surface area (Å²) in [5.41, 5.74) is 0. The number of hydrogen-bond donors (Lipinski definition) is 2. The Hall–Kier alpha value is -3.28. The molecule has 2 N–H and O–H groups in total. The standard InChI is InChI=1S/C16H10O6/c17-15(18)21-13-6-5-11-7-9-3-1-2-4-10(9)8-12(11)14(13)22-16(19)20/h1-8H,(H,17,18)(H,19,20). The van der Waals surface area contributed by atoms with Gasteiger partial charge in [0.1, 0.15) is 0 Å². The monoisotopic (exact) mass is 298 g/mol. The van der Waals surface area contributed by atoms with Gasteiger partial charge in [0, 0.05) is 5.39 Å². The summed E-state index contributed by atoms with van der Waals surface area (Å²) >= 11 is 0. The summed E-state index contributed by atoms with van der Waals surface area (Å²) in [6.45, 7) is 0. The molecule has 0 fully saturated rings. The second kappa shape index (κ2) is 5.25. The summed E-state index contributed by atoms with van der Waals surface area (Å²) in [5, 5.41) is 20.6. The van der Waals surface area contributed by atoms with E-state index in [0.717, 1.165) is 10.8 Å². The lowest BCUT2D eigenvalue weighted by Crippen LogP contribution is -2.08.